The molecule has 4 heteroatoms. The highest BCUT2D eigenvalue weighted by molar-refractivity contribution is 5.82. The average Bonchev–Trinajstić information content (AvgIpc) is 2.30. The molecule has 2 rings (SSSR count). The molecule has 4 nitrogen and oxygen atoms in total. The number of fused-ring (bicyclic) bond motifs is 1. The first-order valence-electron chi connectivity index (χ1n) is 5.69. The molecule has 0 spiro atoms. The van der Waals surface area contributed by atoms with E-state index in [4.69, 9.17) is 4.74 Å². The molecule has 0 aliphatic rings. The van der Waals surface area contributed by atoms with E-state index in [0.717, 1.165) is 22.3 Å². The van der Waals surface area contributed by atoms with Crippen LogP contribution < -0.4 is 4.74 Å². The van der Waals surface area contributed by atoms with Crippen LogP contribution >= 0.6 is 0 Å². The van der Waals surface area contributed by atoms with Crippen LogP contribution in [0.25, 0.3) is 11.0 Å². The van der Waals surface area contributed by atoms with Crippen molar-refractivity contribution in [1.82, 2.24) is 9.97 Å². The van der Waals surface area contributed by atoms with Gasteiger partial charge < -0.3 is 9.84 Å². The molecular formula is C13H16N2O2. The van der Waals surface area contributed by atoms with E-state index in [1.54, 1.807) is 25.4 Å². The predicted molar refractivity (Wildman–Crippen MR) is 66.1 cm³/mol. The van der Waals surface area contributed by atoms with Crippen LogP contribution in [0.5, 0.6) is 5.75 Å². The fraction of sp³-hybridized carbons (Fsp3) is 0.385. The molecular weight excluding hydrogens is 216 g/mol. The molecule has 0 saturated heterocycles. The van der Waals surface area contributed by atoms with Crippen molar-refractivity contribution < 1.29 is 9.84 Å². The van der Waals surface area contributed by atoms with Gasteiger partial charge in [-0.3, -0.25) is 9.97 Å². The lowest BCUT2D eigenvalue weighted by Crippen LogP contribution is -2.08. The zero-order chi connectivity index (χ0) is 12.3. The zero-order valence-electron chi connectivity index (χ0n) is 10.1. The van der Waals surface area contributed by atoms with E-state index >= 15 is 0 Å². The van der Waals surface area contributed by atoms with Crippen molar-refractivity contribution in [3.05, 3.63) is 30.1 Å². The minimum Gasteiger partial charge on any atom is -0.491 e. The Morgan fingerprint density at radius 3 is 2.71 bits per heavy atom. The summed E-state index contributed by atoms with van der Waals surface area (Å²) in [5.74, 6) is 0.722. The highest BCUT2D eigenvalue weighted by atomic mass is 16.5. The average molecular weight is 232 g/mol. The molecule has 0 amide bonds. The lowest BCUT2D eigenvalue weighted by Gasteiger charge is -2.09. The first kappa shape index (κ1) is 11.8. The van der Waals surface area contributed by atoms with E-state index in [-0.39, 0.29) is 6.10 Å². The highest BCUT2D eigenvalue weighted by Gasteiger charge is 2.06. The van der Waals surface area contributed by atoms with Crippen LogP contribution in [0.1, 0.15) is 18.9 Å². The minimum atomic E-state index is -0.349. The van der Waals surface area contributed by atoms with Gasteiger partial charge in [-0.25, -0.2) is 0 Å². The van der Waals surface area contributed by atoms with Gasteiger partial charge in [0.2, 0.25) is 0 Å². The second-order valence-corrected chi connectivity index (χ2v) is 4.12. The number of pyridine rings is 2. The molecule has 2 heterocycles. The maximum absolute atomic E-state index is 9.18. The Morgan fingerprint density at radius 2 is 1.94 bits per heavy atom. The van der Waals surface area contributed by atoms with Crippen molar-refractivity contribution in [1.29, 1.82) is 0 Å². The van der Waals surface area contributed by atoms with Crippen LogP contribution in [-0.2, 0) is 0 Å². The monoisotopic (exact) mass is 232 g/mol. The van der Waals surface area contributed by atoms with E-state index in [1.165, 1.54) is 0 Å². The SMILES string of the molecule is Cc1ccnc2c(OCCC(C)O)ccnc12. The molecule has 0 aromatic carbocycles. The molecule has 1 unspecified atom stereocenters. The maximum atomic E-state index is 9.18. The third kappa shape index (κ3) is 2.71. The summed E-state index contributed by atoms with van der Waals surface area (Å²) in [7, 11) is 0. The summed E-state index contributed by atoms with van der Waals surface area (Å²) in [6.45, 7) is 4.22. The predicted octanol–water partition coefficient (Wildman–Crippen LogP) is 2.09. The number of rotatable bonds is 4. The summed E-state index contributed by atoms with van der Waals surface area (Å²) in [5, 5.41) is 9.18. The van der Waals surface area contributed by atoms with Crippen LogP contribution in [0, 0.1) is 6.92 Å². The molecule has 2 aromatic rings. The number of aryl methyl sites for hydroxylation is 1. The number of nitrogens with zero attached hydrogens (tertiary/aromatic N) is 2. The van der Waals surface area contributed by atoms with E-state index in [2.05, 4.69) is 9.97 Å². The second kappa shape index (κ2) is 5.10. The lowest BCUT2D eigenvalue weighted by atomic mass is 10.2. The van der Waals surface area contributed by atoms with Gasteiger partial charge in [0.1, 0.15) is 11.3 Å². The topological polar surface area (TPSA) is 55.2 Å². The van der Waals surface area contributed by atoms with Gasteiger partial charge in [0.05, 0.1) is 18.2 Å². The highest BCUT2D eigenvalue weighted by Crippen LogP contribution is 2.23. The number of aliphatic hydroxyl groups is 1. The molecule has 2 aromatic heterocycles. The van der Waals surface area contributed by atoms with Crippen LogP contribution in [0.15, 0.2) is 24.5 Å². The Balaban J connectivity index is 2.25. The zero-order valence-corrected chi connectivity index (χ0v) is 10.1. The number of hydrogen-bond acceptors (Lipinski definition) is 4. The quantitative estimate of drug-likeness (QED) is 0.877. The third-order valence-electron chi connectivity index (χ3n) is 2.58. The summed E-state index contributed by atoms with van der Waals surface area (Å²) in [6.07, 6.45) is 3.73. The molecule has 0 aliphatic carbocycles. The van der Waals surface area contributed by atoms with E-state index in [1.807, 2.05) is 13.0 Å². The van der Waals surface area contributed by atoms with Crippen LogP contribution in [0.4, 0.5) is 0 Å². The van der Waals surface area contributed by atoms with Crippen molar-refractivity contribution in [2.24, 2.45) is 0 Å². The number of aliphatic hydroxyl groups excluding tert-OH is 1. The van der Waals surface area contributed by atoms with Gasteiger partial charge in [0, 0.05) is 24.9 Å². The first-order valence-corrected chi connectivity index (χ1v) is 5.69. The van der Waals surface area contributed by atoms with Crippen LogP contribution in [0.2, 0.25) is 0 Å². The Hall–Kier alpha value is -1.68. The van der Waals surface area contributed by atoms with Gasteiger partial charge in [-0.15, -0.1) is 0 Å². The molecule has 0 aliphatic heterocycles. The fourth-order valence-electron chi connectivity index (χ4n) is 1.61. The standard InChI is InChI=1S/C13H16N2O2/c1-9-3-6-15-13-11(4-7-14-12(9)13)17-8-5-10(2)16/h3-4,6-7,10,16H,5,8H2,1-2H3. The molecule has 1 N–H and O–H groups in total. The number of ether oxygens (including phenoxy) is 1. The summed E-state index contributed by atoms with van der Waals surface area (Å²) < 4.78 is 5.62. The van der Waals surface area contributed by atoms with Gasteiger partial charge in [0.15, 0.2) is 0 Å². The Morgan fingerprint density at radius 1 is 1.24 bits per heavy atom. The Kier molecular flexibility index (Phi) is 3.54. The Labute approximate surface area is 100 Å². The largest absolute Gasteiger partial charge is 0.491 e. The summed E-state index contributed by atoms with van der Waals surface area (Å²) in [5.41, 5.74) is 2.72. The molecule has 17 heavy (non-hydrogen) atoms. The van der Waals surface area contributed by atoms with Gasteiger partial charge >= 0.3 is 0 Å². The van der Waals surface area contributed by atoms with Crippen molar-refractivity contribution >= 4 is 11.0 Å². The summed E-state index contributed by atoms with van der Waals surface area (Å²) >= 11 is 0. The third-order valence-corrected chi connectivity index (χ3v) is 2.58. The molecule has 90 valence electrons. The maximum Gasteiger partial charge on any atom is 0.148 e. The van der Waals surface area contributed by atoms with E-state index in [9.17, 15) is 5.11 Å². The van der Waals surface area contributed by atoms with Crippen LogP contribution in [0.3, 0.4) is 0 Å². The first-order chi connectivity index (χ1) is 8.18. The molecule has 0 saturated carbocycles. The summed E-state index contributed by atoms with van der Waals surface area (Å²) in [4.78, 5) is 8.58. The molecule has 0 fully saturated rings. The van der Waals surface area contributed by atoms with E-state index < -0.39 is 0 Å². The van der Waals surface area contributed by atoms with Crippen molar-refractivity contribution in [2.75, 3.05) is 6.61 Å². The smallest absolute Gasteiger partial charge is 0.148 e. The van der Waals surface area contributed by atoms with E-state index in [0.29, 0.717) is 13.0 Å². The summed E-state index contributed by atoms with van der Waals surface area (Å²) in [6, 6.07) is 3.73. The van der Waals surface area contributed by atoms with Crippen molar-refractivity contribution in [3.8, 4) is 5.75 Å². The normalized spacial score (nSPS) is 12.6. The fourth-order valence-corrected chi connectivity index (χ4v) is 1.61. The van der Waals surface area contributed by atoms with Gasteiger partial charge in [-0.05, 0) is 25.5 Å². The molecule has 0 radical (unpaired) electrons. The molecule has 1 atom stereocenters. The Bertz CT molecular complexity index is 512. The second-order valence-electron chi connectivity index (χ2n) is 4.12. The lowest BCUT2D eigenvalue weighted by molar-refractivity contribution is 0.156. The van der Waals surface area contributed by atoms with Crippen molar-refractivity contribution in [3.63, 3.8) is 0 Å². The van der Waals surface area contributed by atoms with Gasteiger partial charge in [-0.2, -0.15) is 0 Å². The number of aromatic nitrogens is 2. The minimum absolute atomic E-state index is 0.349. The van der Waals surface area contributed by atoms with Crippen LogP contribution in [-0.4, -0.2) is 27.8 Å². The van der Waals surface area contributed by atoms with Gasteiger partial charge in [0.25, 0.3) is 0 Å². The number of hydrogen-bond donors (Lipinski definition) is 1. The van der Waals surface area contributed by atoms with Crippen molar-refractivity contribution in [2.45, 2.75) is 26.4 Å². The molecule has 0 bridgehead atoms. The van der Waals surface area contributed by atoms with Gasteiger partial charge in [-0.1, -0.05) is 0 Å².